The first-order chi connectivity index (χ1) is 7.66. The number of nitrogens with zero attached hydrogens (tertiary/aromatic N) is 2. The van der Waals surface area contributed by atoms with Crippen LogP contribution < -0.4 is 0 Å². The minimum atomic E-state index is 1.04. The molecule has 0 saturated heterocycles. The number of hydrogen-bond acceptors (Lipinski definition) is 2. The molecule has 2 aromatic rings. The van der Waals surface area contributed by atoms with E-state index in [0.717, 1.165) is 5.71 Å². The van der Waals surface area contributed by atoms with Crippen LogP contribution >= 0.6 is 0 Å². The fraction of sp³-hybridized carbons (Fsp3) is 0.214. The molecule has 2 nitrogen and oxygen atoms in total. The summed E-state index contributed by atoms with van der Waals surface area (Å²) in [4.78, 5) is 0. The van der Waals surface area contributed by atoms with Crippen molar-refractivity contribution in [2.45, 2.75) is 6.92 Å². The van der Waals surface area contributed by atoms with E-state index in [-0.39, 0.29) is 0 Å². The van der Waals surface area contributed by atoms with Gasteiger partial charge in [0.1, 0.15) is 0 Å². The molecule has 0 atom stereocenters. The zero-order valence-corrected chi connectivity index (χ0v) is 9.94. The van der Waals surface area contributed by atoms with Crippen LogP contribution in [0.25, 0.3) is 10.8 Å². The van der Waals surface area contributed by atoms with Gasteiger partial charge in [-0.05, 0) is 29.3 Å². The normalized spacial score (nSPS) is 11.8. The molecule has 0 saturated carbocycles. The monoisotopic (exact) mass is 212 g/mol. The molecule has 0 bridgehead atoms. The Morgan fingerprint density at radius 1 is 1.00 bits per heavy atom. The van der Waals surface area contributed by atoms with E-state index in [1.807, 2.05) is 26.0 Å². The highest BCUT2D eigenvalue weighted by Gasteiger charge is 1.99. The largest absolute Gasteiger partial charge is 0.303 e. The van der Waals surface area contributed by atoms with E-state index in [4.69, 9.17) is 0 Å². The number of hydrogen-bond donors (Lipinski definition) is 0. The molecular formula is C14H16N2. The molecule has 16 heavy (non-hydrogen) atoms. The van der Waals surface area contributed by atoms with E-state index < -0.39 is 0 Å². The molecule has 0 radical (unpaired) electrons. The van der Waals surface area contributed by atoms with E-state index in [0.29, 0.717) is 0 Å². The summed E-state index contributed by atoms with van der Waals surface area (Å²) in [5.74, 6) is 0. The molecular weight excluding hydrogens is 196 g/mol. The van der Waals surface area contributed by atoms with E-state index in [1.54, 1.807) is 0 Å². The Bertz CT molecular complexity index is 527. The van der Waals surface area contributed by atoms with Crippen LogP contribution in [-0.2, 0) is 0 Å². The van der Waals surface area contributed by atoms with Crippen molar-refractivity contribution < 1.29 is 0 Å². The van der Waals surface area contributed by atoms with Crippen LogP contribution in [0.5, 0.6) is 0 Å². The van der Waals surface area contributed by atoms with Gasteiger partial charge in [0.15, 0.2) is 0 Å². The number of rotatable bonds is 2. The van der Waals surface area contributed by atoms with Crippen LogP contribution in [-0.4, -0.2) is 24.8 Å². The van der Waals surface area contributed by atoms with Crippen LogP contribution in [0.15, 0.2) is 47.6 Å². The maximum Gasteiger partial charge on any atom is 0.0646 e. The predicted octanol–water partition coefficient (Wildman–Crippen LogP) is 3.13. The molecule has 0 spiro atoms. The van der Waals surface area contributed by atoms with Crippen molar-refractivity contribution in [2.75, 3.05) is 14.1 Å². The van der Waals surface area contributed by atoms with Crippen molar-refractivity contribution in [3.63, 3.8) is 0 Å². The van der Waals surface area contributed by atoms with E-state index in [2.05, 4.69) is 47.6 Å². The van der Waals surface area contributed by atoms with Gasteiger partial charge in [0.25, 0.3) is 0 Å². The first-order valence-electron chi connectivity index (χ1n) is 5.38. The van der Waals surface area contributed by atoms with Crippen molar-refractivity contribution in [3.05, 3.63) is 48.0 Å². The maximum absolute atomic E-state index is 4.40. The Kier molecular flexibility index (Phi) is 2.91. The van der Waals surface area contributed by atoms with Gasteiger partial charge in [-0.1, -0.05) is 36.4 Å². The summed E-state index contributed by atoms with van der Waals surface area (Å²) in [6.45, 7) is 2.03. The maximum atomic E-state index is 4.40. The molecule has 0 aliphatic carbocycles. The Morgan fingerprint density at radius 3 is 2.38 bits per heavy atom. The molecule has 0 N–H and O–H groups in total. The molecule has 0 aliphatic heterocycles. The van der Waals surface area contributed by atoms with E-state index in [1.165, 1.54) is 16.3 Å². The van der Waals surface area contributed by atoms with Gasteiger partial charge >= 0.3 is 0 Å². The summed E-state index contributed by atoms with van der Waals surface area (Å²) in [6.07, 6.45) is 0. The standard InChI is InChI=1S/C14H16N2/c1-11(15-16(2)3)13-9-8-12-6-4-5-7-14(12)10-13/h4-10H,1-3H3/b15-11-. The third-order valence-electron chi connectivity index (χ3n) is 2.52. The summed E-state index contributed by atoms with van der Waals surface area (Å²) >= 11 is 0. The first kappa shape index (κ1) is 10.7. The van der Waals surface area contributed by atoms with Crippen LogP contribution in [0.1, 0.15) is 12.5 Å². The molecule has 0 heterocycles. The topological polar surface area (TPSA) is 15.6 Å². The Morgan fingerprint density at radius 2 is 1.69 bits per heavy atom. The number of hydrazone groups is 1. The van der Waals surface area contributed by atoms with Crippen LogP contribution in [0.4, 0.5) is 0 Å². The zero-order valence-electron chi connectivity index (χ0n) is 9.94. The van der Waals surface area contributed by atoms with Crippen LogP contribution in [0.3, 0.4) is 0 Å². The third-order valence-corrected chi connectivity index (χ3v) is 2.52. The average Bonchev–Trinajstić information content (AvgIpc) is 2.27. The molecule has 0 aliphatic rings. The lowest BCUT2D eigenvalue weighted by Gasteiger charge is -2.08. The summed E-state index contributed by atoms with van der Waals surface area (Å²) in [6, 6.07) is 14.8. The first-order valence-corrected chi connectivity index (χ1v) is 5.38. The van der Waals surface area contributed by atoms with Gasteiger partial charge in [0.05, 0.1) is 5.71 Å². The Hall–Kier alpha value is -1.83. The highest BCUT2D eigenvalue weighted by Crippen LogP contribution is 2.16. The molecule has 2 heteroatoms. The van der Waals surface area contributed by atoms with Gasteiger partial charge in [-0.25, -0.2) is 0 Å². The predicted molar refractivity (Wildman–Crippen MR) is 69.8 cm³/mol. The number of benzene rings is 2. The Labute approximate surface area is 96.2 Å². The molecule has 0 aromatic heterocycles. The minimum absolute atomic E-state index is 1.04. The van der Waals surface area contributed by atoms with Gasteiger partial charge in [0, 0.05) is 14.1 Å². The van der Waals surface area contributed by atoms with Crippen molar-refractivity contribution in [1.82, 2.24) is 5.01 Å². The molecule has 0 amide bonds. The molecule has 0 fully saturated rings. The second kappa shape index (κ2) is 4.35. The van der Waals surface area contributed by atoms with Gasteiger partial charge < -0.3 is 5.01 Å². The van der Waals surface area contributed by atoms with E-state index >= 15 is 0 Å². The van der Waals surface area contributed by atoms with Gasteiger partial charge in [-0.15, -0.1) is 0 Å². The highest BCUT2D eigenvalue weighted by molar-refractivity contribution is 6.01. The summed E-state index contributed by atoms with van der Waals surface area (Å²) < 4.78 is 0. The second-order valence-electron chi connectivity index (χ2n) is 4.09. The quantitative estimate of drug-likeness (QED) is 0.551. The fourth-order valence-electron chi connectivity index (χ4n) is 1.77. The second-order valence-corrected chi connectivity index (χ2v) is 4.09. The van der Waals surface area contributed by atoms with Crippen molar-refractivity contribution >= 4 is 16.5 Å². The average molecular weight is 212 g/mol. The lowest BCUT2D eigenvalue weighted by molar-refractivity contribution is 0.438. The Balaban J connectivity index is 2.47. The van der Waals surface area contributed by atoms with Crippen molar-refractivity contribution in [1.29, 1.82) is 0 Å². The minimum Gasteiger partial charge on any atom is -0.303 e. The molecule has 0 unspecified atom stereocenters. The van der Waals surface area contributed by atoms with Crippen LogP contribution in [0, 0.1) is 0 Å². The van der Waals surface area contributed by atoms with Crippen molar-refractivity contribution in [2.24, 2.45) is 5.10 Å². The van der Waals surface area contributed by atoms with Gasteiger partial charge in [0.2, 0.25) is 0 Å². The molecule has 2 rings (SSSR count). The molecule has 2 aromatic carbocycles. The zero-order chi connectivity index (χ0) is 11.5. The number of fused-ring (bicyclic) bond motifs is 1. The third kappa shape index (κ3) is 2.22. The summed E-state index contributed by atoms with van der Waals surface area (Å²) in [5.41, 5.74) is 2.21. The summed E-state index contributed by atoms with van der Waals surface area (Å²) in [5, 5.41) is 8.75. The lowest BCUT2D eigenvalue weighted by atomic mass is 10.0. The van der Waals surface area contributed by atoms with Crippen molar-refractivity contribution in [3.8, 4) is 0 Å². The smallest absolute Gasteiger partial charge is 0.0646 e. The fourth-order valence-corrected chi connectivity index (χ4v) is 1.77. The van der Waals surface area contributed by atoms with E-state index in [9.17, 15) is 0 Å². The van der Waals surface area contributed by atoms with Gasteiger partial charge in [-0.3, -0.25) is 0 Å². The van der Waals surface area contributed by atoms with Gasteiger partial charge in [-0.2, -0.15) is 5.10 Å². The van der Waals surface area contributed by atoms with Crippen LogP contribution in [0.2, 0.25) is 0 Å². The lowest BCUT2D eigenvalue weighted by Crippen LogP contribution is -2.07. The highest BCUT2D eigenvalue weighted by atomic mass is 15.4. The molecule has 82 valence electrons. The SMILES string of the molecule is C/C(=N/N(C)C)c1ccc2ccccc2c1. The summed E-state index contributed by atoms with van der Waals surface area (Å²) in [7, 11) is 3.87.